The van der Waals surface area contributed by atoms with E-state index in [0.29, 0.717) is 5.75 Å². The summed E-state index contributed by atoms with van der Waals surface area (Å²) in [7, 11) is 4.31. The number of hydrogen-bond acceptors (Lipinski definition) is 4. The summed E-state index contributed by atoms with van der Waals surface area (Å²) in [6.45, 7) is 4.27. The molecule has 0 heterocycles. The number of esters is 1. The van der Waals surface area contributed by atoms with Gasteiger partial charge in [0.2, 0.25) is 0 Å². The highest BCUT2D eigenvalue weighted by molar-refractivity contribution is 6.32. The smallest absolute Gasteiger partial charge is 0.396 e. The van der Waals surface area contributed by atoms with Crippen LogP contribution in [0.3, 0.4) is 0 Å². The van der Waals surface area contributed by atoms with Gasteiger partial charge in [0.15, 0.2) is 0 Å². The fourth-order valence-electron chi connectivity index (χ4n) is 1.73. The summed E-state index contributed by atoms with van der Waals surface area (Å²) in [6.07, 6.45) is 0. The zero-order chi connectivity index (χ0) is 14.6. The highest BCUT2D eigenvalue weighted by Gasteiger charge is 2.20. The van der Waals surface area contributed by atoms with Gasteiger partial charge in [-0.2, -0.15) is 0 Å². The first-order valence-electron chi connectivity index (χ1n) is 5.88. The average Bonchev–Trinajstić information content (AvgIpc) is 2.40. The van der Waals surface area contributed by atoms with E-state index < -0.39 is 11.9 Å². The van der Waals surface area contributed by atoms with Crippen LogP contribution in [0.15, 0.2) is 12.1 Å². The minimum Gasteiger partial charge on any atom is -0.496 e. The second-order valence-electron chi connectivity index (χ2n) is 4.40. The molecule has 5 nitrogen and oxygen atoms in total. The van der Waals surface area contributed by atoms with Crippen LogP contribution in [0, 0.1) is 13.8 Å². The molecule has 0 aliphatic rings. The molecule has 19 heavy (non-hydrogen) atoms. The lowest BCUT2D eigenvalue weighted by molar-refractivity contribution is -0.157. The topological polar surface area (TPSA) is 55.8 Å². The predicted octanol–water partition coefficient (Wildman–Crippen LogP) is 1.44. The molecule has 1 rings (SSSR count). The van der Waals surface area contributed by atoms with E-state index in [9.17, 15) is 9.59 Å². The van der Waals surface area contributed by atoms with Crippen molar-refractivity contribution in [3.63, 3.8) is 0 Å². The lowest BCUT2D eigenvalue weighted by Gasteiger charge is -2.18. The van der Waals surface area contributed by atoms with E-state index in [0.717, 1.165) is 16.7 Å². The summed E-state index contributed by atoms with van der Waals surface area (Å²) in [4.78, 5) is 24.1. The first-order valence-corrected chi connectivity index (χ1v) is 5.88. The Bertz CT molecular complexity index is 496. The quantitative estimate of drug-likeness (QED) is 0.613. The van der Waals surface area contributed by atoms with Gasteiger partial charge in [-0.15, -0.1) is 0 Å². The van der Waals surface area contributed by atoms with Crippen LogP contribution >= 0.6 is 0 Å². The van der Waals surface area contributed by atoms with Crippen molar-refractivity contribution in [1.29, 1.82) is 0 Å². The molecule has 1 aromatic rings. The molecular weight excluding hydrogens is 246 g/mol. The van der Waals surface area contributed by atoms with Crippen LogP contribution in [0.1, 0.15) is 16.7 Å². The van der Waals surface area contributed by atoms with E-state index in [2.05, 4.69) is 4.74 Å². The van der Waals surface area contributed by atoms with Gasteiger partial charge >= 0.3 is 11.9 Å². The molecule has 0 saturated heterocycles. The molecule has 0 unspecified atom stereocenters. The van der Waals surface area contributed by atoms with E-state index in [4.69, 9.17) is 4.74 Å². The largest absolute Gasteiger partial charge is 0.496 e. The van der Waals surface area contributed by atoms with Crippen LogP contribution in [0.5, 0.6) is 5.75 Å². The molecule has 1 amide bonds. The first kappa shape index (κ1) is 15.0. The van der Waals surface area contributed by atoms with Crippen molar-refractivity contribution in [3.8, 4) is 5.75 Å². The van der Waals surface area contributed by atoms with E-state index >= 15 is 0 Å². The summed E-state index contributed by atoms with van der Waals surface area (Å²) >= 11 is 0. The van der Waals surface area contributed by atoms with Crippen molar-refractivity contribution in [2.45, 2.75) is 20.4 Å². The van der Waals surface area contributed by atoms with Gasteiger partial charge in [-0.25, -0.2) is 4.79 Å². The standard InChI is InChI=1S/C14H19NO4/c1-9-6-11(12(18-4)7-10(9)2)8-15(3)13(16)14(17)19-5/h6-7H,8H2,1-5H3. The van der Waals surface area contributed by atoms with Gasteiger partial charge < -0.3 is 14.4 Å². The second-order valence-corrected chi connectivity index (χ2v) is 4.40. The van der Waals surface area contributed by atoms with Crippen molar-refractivity contribution >= 4 is 11.9 Å². The summed E-state index contributed by atoms with van der Waals surface area (Å²) in [5.41, 5.74) is 3.07. The molecule has 0 bridgehead atoms. The van der Waals surface area contributed by atoms with Gasteiger partial charge in [0, 0.05) is 19.2 Å². The molecule has 0 aliphatic heterocycles. The van der Waals surface area contributed by atoms with Crippen molar-refractivity contribution in [3.05, 3.63) is 28.8 Å². The minimum atomic E-state index is -0.870. The number of carbonyl (C=O) groups excluding carboxylic acids is 2. The van der Waals surface area contributed by atoms with Crippen LogP contribution in [0.25, 0.3) is 0 Å². The van der Waals surface area contributed by atoms with Crippen molar-refractivity contribution in [2.75, 3.05) is 21.3 Å². The maximum Gasteiger partial charge on any atom is 0.396 e. The Hall–Kier alpha value is -2.04. The van der Waals surface area contributed by atoms with Crippen LogP contribution in [0.2, 0.25) is 0 Å². The van der Waals surface area contributed by atoms with Crippen LogP contribution in [-0.2, 0) is 20.9 Å². The van der Waals surface area contributed by atoms with Gasteiger partial charge in [0.25, 0.3) is 0 Å². The molecular formula is C14H19NO4. The molecule has 0 atom stereocenters. The lowest BCUT2D eigenvalue weighted by atomic mass is 10.0. The molecule has 0 aromatic heterocycles. The summed E-state index contributed by atoms with van der Waals surface area (Å²) < 4.78 is 9.70. The number of rotatable bonds is 3. The Kier molecular flexibility index (Phi) is 4.92. The van der Waals surface area contributed by atoms with Gasteiger partial charge in [-0.3, -0.25) is 4.79 Å². The SMILES string of the molecule is COC(=O)C(=O)N(C)Cc1cc(C)c(C)cc1OC. The number of nitrogens with zero attached hydrogens (tertiary/aromatic N) is 1. The Morgan fingerprint density at radius 2 is 1.74 bits per heavy atom. The fraction of sp³-hybridized carbons (Fsp3) is 0.429. The highest BCUT2D eigenvalue weighted by atomic mass is 16.5. The van der Waals surface area contributed by atoms with E-state index in [1.54, 1.807) is 14.2 Å². The molecule has 0 aliphatic carbocycles. The molecule has 104 valence electrons. The van der Waals surface area contributed by atoms with Gasteiger partial charge in [-0.1, -0.05) is 6.07 Å². The number of likely N-dealkylation sites (N-methyl/N-ethyl adjacent to an activating group) is 1. The predicted molar refractivity (Wildman–Crippen MR) is 71.0 cm³/mol. The molecule has 0 saturated carbocycles. The molecule has 5 heteroatoms. The Morgan fingerprint density at radius 1 is 1.16 bits per heavy atom. The number of benzene rings is 1. The number of methoxy groups -OCH3 is 2. The Morgan fingerprint density at radius 3 is 2.26 bits per heavy atom. The van der Waals surface area contributed by atoms with E-state index in [1.165, 1.54) is 12.0 Å². The van der Waals surface area contributed by atoms with Crippen molar-refractivity contribution < 1.29 is 19.1 Å². The summed E-state index contributed by atoms with van der Waals surface area (Å²) in [6, 6.07) is 3.87. The lowest BCUT2D eigenvalue weighted by Crippen LogP contribution is -2.33. The number of amides is 1. The van der Waals surface area contributed by atoms with Crippen LogP contribution < -0.4 is 4.74 Å². The number of aryl methyl sites for hydroxylation is 2. The zero-order valence-corrected chi connectivity index (χ0v) is 11.9. The number of ether oxygens (including phenoxy) is 2. The summed E-state index contributed by atoms with van der Waals surface area (Å²) in [5.74, 6) is -0.847. The Labute approximate surface area is 113 Å². The second kappa shape index (κ2) is 6.22. The third-order valence-corrected chi connectivity index (χ3v) is 3.01. The van der Waals surface area contributed by atoms with Crippen LogP contribution in [0.4, 0.5) is 0 Å². The van der Waals surface area contributed by atoms with E-state index in [-0.39, 0.29) is 6.54 Å². The number of hydrogen-bond donors (Lipinski definition) is 0. The highest BCUT2D eigenvalue weighted by Crippen LogP contribution is 2.24. The third kappa shape index (κ3) is 3.47. The number of carbonyl (C=O) groups is 2. The van der Waals surface area contributed by atoms with Gasteiger partial charge in [0.1, 0.15) is 5.75 Å². The minimum absolute atomic E-state index is 0.290. The summed E-state index contributed by atoms with van der Waals surface area (Å²) in [5, 5.41) is 0. The zero-order valence-electron chi connectivity index (χ0n) is 11.9. The fourth-order valence-corrected chi connectivity index (χ4v) is 1.73. The average molecular weight is 265 g/mol. The maximum atomic E-state index is 11.6. The molecule has 0 fully saturated rings. The molecule has 0 N–H and O–H groups in total. The molecule has 1 aromatic carbocycles. The van der Waals surface area contributed by atoms with Crippen molar-refractivity contribution in [1.82, 2.24) is 4.90 Å². The molecule has 0 spiro atoms. The monoisotopic (exact) mass is 265 g/mol. The first-order chi connectivity index (χ1) is 8.90. The normalized spacial score (nSPS) is 9.95. The maximum absolute atomic E-state index is 11.6. The van der Waals surface area contributed by atoms with E-state index in [1.807, 2.05) is 26.0 Å². The van der Waals surface area contributed by atoms with Gasteiger partial charge in [0.05, 0.1) is 14.2 Å². The molecule has 0 radical (unpaired) electrons. The van der Waals surface area contributed by atoms with Gasteiger partial charge in [-0.05, 0) is 31.0 Å². The van der Waals surface area contributed by atoms with Crippen molar-refractivity contribution in [2.24, 2.45) is 0 Å². The third-order valence-electron chi connectivity index (χ3n) is 3.01. The Balaban J connectivity index is 2.96. The van der Waals surface area contributed by atoms with Crippen LogP contribution in [-0.4, -0.2) is 38.0 Å².